The maximum absolute atomic E-state index is 12.8. The third kappa shape index (κ3) is 3.41. The first kappa shape index (κ1) is 13.7. The first-order valence-electron chi connectivity index (χ1n) is 6.09. The zero-order chi connectivity index (χ0) is 13.7. The fraction of sp³-hybridized carbons (Fsp3) is 0.286. The van der Waals surface area contributed by atoms with Gasteiger partial charge in [-0.15, -0.1) is 11.6 Å². The number of aryl methyl sites for hydroxylation is 1. The highest BCUT2D eigenvalue weighted by Gasteiger charge is 2.06. The van der Waals surface area contributed by atoms with Crippen molar-refractivity contribution in [3.63, 3.8) is 0 Å². The summed E-state index contributed by atoms with van der Waals surface area (Å²) < 4.78 is 14.4. The van der Waals surface area contributed by atoms with Crippen molar-refractivity contribution in [2.45, 2.75) is 19.4 Å². The van der Waals surface area contributed by atoms with Crippen molar-refractivity contribution >= 4 is 11.6 Å². The molecule has 2 aromatic heterocycles. The van der Waals surface area contributed by atoms with Crippen LogP contribution in [0.1, 0.15) is 12.8 Å². The number of aromatic nitrogens is 2. The number of unbranched alkanes of at least 4 members (excludes halogenated alkanes) is 1. The van der Waals surface area contributed by atoms with Gasteiger partial charge in [-0.05, 0) is 37.1 Å². The number of nitrogens with zero attached hydrogens (tertiary/aromatic N) is 2. The van der Waals surface area contributed by atoms with E-state index in [0.717, 1.165) is 12.8 Å². The van der Waals surface area contributed by atoms with E-state index in [-0.39, 0.29) is 5.56 Å². The molecule has 19 heavy (non-hydrogen) atoms. The molecule has 0 fully saturated rings. The summed E-state index contributed by atoms with van der Waals surface area (Å²) in [5, 5.41) is 0. The molecule has 0 atom stereocenters. The summed E-state index contributed by atoms with van der Waals surface area (Å²) in [6, 6.07) is 6.33. The Bertz CT molecular complexity index is 595. The smallest absolute Gasteiger partial charge is 0.258 e. The van der Waals surface area contributed by atoms with E-state index >= 15 is 0 Å². The van der Waals surface area contributed by atoms with Gasteiger partial charge < -0.3 is 4.57 Å². The molecule has 3 nitrogen and oxygen atoms in total. The van der Waals surface area contributed by atoms with Crippen molar-refractivity contribution in [3.05, 3.63) is 53.0 Å². The van der Waals surface area contributed by atoms with Crippen LogP contribution >= 0.6 is 11.6 Å². The largest absolute Gasteiger partial charge is 0.315 e. The lowest BCUT2D eigenvalue weighted by Gasteiger charge is -2.07. The monoisotopic (exact) mass is 280 g/mol. The maximum atomic E-state index is 12.8. The number of hydrogen-bond donors (Lipinski definition) is 0. The minimum Gasteiger partial charge on any atom is -0.315 e. The summed E-state index contributed by atoms with van der Waals surface area (Å²) in [4.78, 5) is 15.8. The molecular weight excluding hydrogens is 267 g/mol. The van der Waals surface area contributed by atoms with Crippen molar-refractivity contribution < 1.29 is 4.39 Å². The maximum Gasteiger partial charge on any atom is 0.258 e. The Morgan fingerprint density at radius 1 is 1.26 bits per heavy atom. The van der Waals surface area contributed by atoms with Crippen molar-refractivity contribution in [3.8, 4) is 11.1 Å². The molecule has 0 unspecified atom stereocenters. The fourth-order valence-electron chi connectivity index (χ4n) is 1.84. The van der Waals surface area contributed by atoms with Crippen LogP contribution in [0.5, 0.6) is 0 Å². The van der Waals surface area contributed by atoms with Gasteiger partial charge in [0, 0.05) is 35.9 Å². The number of alkyl halides is 1. The van der Waals surface area contributed by atoms with E-state index in [0.29, 0.717) is 23.6 Å². The summed E-state index contributed by atoms with van der Waals surface area (Å²) in [5.41, 5.74) is 1.06. The first-order valence-corrected chi connectivity index (χ1v) is 6.63. The average Bonchev–Trinajstić information content (AvgIpc) is 2.42. The van der Waals surface area contributed by atoms with Crippen LogP contribution in [-0.4, -0.2) is 15.4 Å². The molecule has 0 radical (unpaired) electrons. The Kier molecular flexibility index (Phi) is 4.68. The van der Waals surface area contributed by atoms with Gasteiger partial charge in [-0.1, -0.05) is 0 Å². The molecule has 100 valence electrons. The minimum absolute atomic E-state index is 0.0921. The summed E-state index contributed by atoms with van der Waals surface area (Å²) in [5.74, 6) is 0.0400. The molecule has 0 bridgehead atoms. The number of rotatable bonds is 5. The van der Waals surface area contributed by atoms with Gasteiger partial charge in [0.1, 0.15) is 0 Å². The van der Waals surface area contributed by atoms with Crippen LogP contribution in [0.4, 0.5) is 4.39 Å². The Morgan fingerprint density at radius 2 is 2.11 bits per heavy atom. The Hall–Kier alpha value is -1.68. The van der Waals surface area contributed by atoms with Crippen molar-refractivity contribution in [1.82, 2.24) is 9.55 Å². The second-order valence-corrected chi connectivity index (χ2v) is 4.56. The van der Waals surface area contributed by atoms with E-state index in [2.05, 4.69) is 4.98 Å². The van der Waals surface area contributed by atoms with Crippen LogP contribution in [0.3, 0.4) is 0 Å². The molecule has 0 saturated carbocycles. The van der Waals surface area contributed by atoms with Gasteiger partial charge in [0.2, 0.25) is 5.95 Å². The molecule has 2 heterocycles. The first-order chi connectivity index (χ1) is 9.22. The highest BCUT2D eigenvalue weighted by Crippen LogP contribution is 2.13. The van der Waals surface area contributed by atoms with Crippen molar-refractivity contribution in [2.75, 3.05) is 5.88 Å². The zero-order valence-electron chi connectivity index (χ0n) is 10.4. The lowest BCUT2D eigenvalue weighted by atomic mass is 10.1. The predicted molar refractivity (Wildman–Crippen MR) is 73.8 cm³/mol. The van der Waals surface area contributed by atoms with Crippen LogP contribution in [0, 0.1) is 5.95 Å². The second kappa shape index (κ2) is 6.48. The lowest BCUT2D eigenvalue weighted by molar-refractivity contribution is 0.584. The normalized spacial score (nSPS) is 10.6. The van der Waals surface area contributed by atoms with E-state index in [1.165, 1.54) is 12.3 Å². The molecule has 2 rings (SSSR count). The van der Waals surface area contributed by atoms with E-state index in [1.54, 1.807) is 29.0 Å². The van der Waals surface area contributed by atoms with E-state index in [9.17, 15) is 9.18 Å². The number of hydrogen-bond acceptors (Lipinski definition) is 2. The zero-order valence-corrected chi connectivity index (χ0v) is 11.1. The van der Waals surface area contributed by atoms with Crippen LogP contribution in [-0.2, 0) is 6.54 Å². The molecule has 5 heteroatoms. The van der Waals surface area contributed by atoms with Gasteiger partial charge in [0.15, 0.2) is 0 Å². The molecule has 0 saturated heterocycles. The van der Waals surface area contributed by atoms with Gasteiger partial charge in [0.25, 0.3) is 5.56 Å². The van der Waals surface area contributed by atoms with Crippen LogP contribution in [0.2, 0.25) is 0 Å². The number of halogens is 2. The quantitative estimate of drug-likeness (QED) is 0.479. The molecule has 0 spiro atoms. The second-order valence-electron chi connectivity index (χ2n) is 4.19. The molecule has 0 aliphatic heterocycles. The summed E-state index contributed by atoms with van der Waals surface area (Å²) in [6.45, 7) is 0.633. The van der Waals surface area contributed by atoms with Crippen LogP contribution < -0.4 is 5.56 Å². The van der Waals surface area contributed by atoms with E-state index in [1.807, 2.05) is 0 Å². The number of pyridine rings is 2. The van der Waals surface area contributed by atoms with Crippen molar-refractivity contribution in [2.24, 2.45) is 0 Å². The topological polar surface area (TPSA) is 34.9 Å². The highest BCUT2D eigenvalue weighted by atomic mass is 35.5. The Labute approximate surface area is 115 Å². The molecule has 0 aliphatic rings. The fourth-order valence-corrected chi connectivity index (χ4v) is 2.03. The third-order valence-corrected chi connectivity index (χ3v) is 3.11. The lowest BCUT2D eigenvalue weighted by Crippen LogP contribution is -2.21. The third-order valence-electron chi connectivity index (χ3n) is 2.84. The van der Waals surface area contributed by atoms with Gasteiger partial charge in [-0.2, -0.15) is 4.39 Å². The van der Waals surface area contributed by atoms with Gasteiger partial charge in [-0.25, -0.2) is 4.98 Å². The van der Waals surface area contributed by atoms with Crippen LogP contribution in [0.15, 0.2) is 41.5 Å². The summed E-state index contributed by atoms with van der Waals surface area (Å²) in [7, 11) is 0. The summed E-state index contributed by atoms with van der Waals surface area (Å²) in [6.07, 6.45) is 4.84. The van der Waals surface area contributed by atoms with Crippen molar-refractivity contribution in [1.29, 1.82) is 0 Å². The van der Waals surface area contributed by atoms with Gasteiger partial charge >= 0.3 is 0 Å². The molecule has 0 aliphatic carbocycles. The van der Waals surface area contributed by atoms with Crippen LogP contribution in [0.25, 0.3) is 11.1 Å². The Morgan fingerprint density at radius 3 is 2.79 bits per heavy atom. The van der Waals surface area contributed by atoms with Gasteiger partial charge in [0.05, 0.1) is 0 Å². The highest BCUT2D eigenvalue weighted by molar-refractivity contribution is 6.17. The van der Waals surface area contributed by atoms with Gasteiger partial charge in [-0.3, -0.25) is 4.79 Å². The molecule has 0 aromatic carbocycles. The molecular formula is C14H14ClFN2O. The molecule has 0 N–H and O–H groups in total. The minimum atomic E-state index is -0.554. The average molecular weight is 281 g/mol. The summed E-state index contributed by atoms with van der Waals surface area (Å²) >= 11 is 5.62. The van der Waals surface area contributed by atoms with E-state index in [4.69, 9.17) is 11.6 Å². The SMILES string of the molecule is O=c1c(-c2ccc(F)nc2)cccn1CCCCCl. The molecule has 2 aromatic rings. The predicted octanol–water partition coefficient (Wildman–Crippen LogP) is 3.07. The standard InChI is InChI=1S/C14H14ClFN2O/c15-7-1-2-8-18-9-3-4-12(14(18)19)11-5-6-13(16)17-10-11/h3-6,9-10H,1-2,7-8H2. The Balaban J connectivity index is 2.29. The molecule has 0 amide bonds. The van der Waals surface area contributed by atoms with E-state index < -0.39 is 5.95 Å².